The van der Waals surface area contributed by atoms with Crippen molar-refractivity contribution in [2.45, 2.75) is 11.3 Å². The number of hydrogen-bond acceptors (Lipinski definition) is 5. The van der Waals surface area contributed by atoms with Crippen LogP contribution in [0.1, 0.15) is 6.42 Å². The molecule has 0 aliphatic heterocycles. The first kappa shape index (κ1) is 19.4. The Labute approximate surface area is 150 Å². The highest BCUT2D eigenvalue weighted by atomic mass is 32.2. The van der Waals surface area contributed by atoms with Gasteiger partial charge in [0.1, 0.15) is 0 Å². The van der Waals surface area contributed by atoms with Crippen molar-refractivity contribution in [3.63, 3.8) is 0 Å². The minimum Gasteiger partial charge on any atom is -0.481 e. The Kier molecular flexibility index (Phi) is 6.67. The van der Waals surface area contributed by atoms with Crippen molar-refractivity contribution in [1.29, 1.82) is 0 Å². The molecule has 2 N–H and O–H groups in total. The second-order valence-electron chi connectivity index (χ2n) is 5.20. The molecule has 0 saturated heterocycles. The maximum atomic E-state index is 13.3. The van der Waals surface area contributed by atoms with Gasteiger partial charge in [0.2, 0.25) is 5.91 Å². The fraction of sp³-hybridized carbons (Fsp3) is 0.176. The molecule has 2 amide bonds. The lowest BCUT2D eigenvalue weighted by molar-refractivity contribution is -0.129. The average Bonchev–Trinajstić information content (AvgIpc) is 2.65. The quantitative estimate of drug-likeness (QED) is 0.703. The van der Waals surface area contributed by atoms with E-state index in [4.69, 9.17) is 4.74 Å². The van der Waals surface area contributed by atoms with E-state index in [1.54, 1.807) is 24.3 Å². The molecule has 0 radical (unpaired) electrons. The Morgan fingerprint density at radius 1 is 0.923 bits per heavy atom. The van der Waals surface area contributed by atoms with Crippen molar-refractivity contribution in [2.24, 2.45) is 0 Å². The molecule has 0 heterocycles. The Morgan fingerprint density at radius 3 is 2.23 bits per heavy atom. The average molecular weight is 380 g/mol. The number of benzene rings is 2. The lowest BCUT2D eigenvalue weighted by Gasteiger charge is -2.09. The van der Waals surface area contributed by atoms with Crippen LogP contribution in [-0.2, 0) is 19.4 Å². The third-order valence-corrected chi connectivity index (χ3v) is 4.97. The van der Waals surface area contributed by atoms with E-state index in [1.807, 2.05) is 0 Å². The smallest absolute Gasteiger partial charge is 0.276 e. The molecule has 2 aromatic rings. The van der Waals surface area contributed by atoms with E-state index in [2.05, 4.69) is 10.9 Å². The number of hydrogen-bond donors (Lipinski definition) is 2. The maximum Gasteiger partial charge on any atom is 0.276 e. The van der Waals surface area contributed by atoms with Crippen molar-refractivity contribution in [3.05, 3.63) is 60.4 Å². The number of para-hydroxylation sites is 1. The van der Waals surface area contributed by atoms with Gasteiger partial charge in [0.25, 0.3) is 5.91 Å². The molecule has 2 aromatic carbocycles. The Hall–Kier alpha value is -2.94. The molecule has 0 bridgehead atoms. The normalized spacial score (nSPS) is 10.8. The molecule has 0 aliphatic rings. The number of rotatable bonds is 7. The van der Waals surface area contributed by atoms with Crippen LogP contribution in [0.4, 0.5) is 4.39 Å². The molecule has 26 heavy (non-hydrogen) atoms. The van der Waals surface area contributed by atoms with E-state index in [9.17, 15) is 22.4 Å². The predicted molar refractivity (Wildman–Crippen MR) is 91.3 cm³/mol. The van der Waals surface area contributed by atoms with Gasteiger partial charge in [0.05, 0.1) is 10.6 Å². The molecule has 138 valence electrons. The van der Waals surface area contributed by atoms with Crippen LogP contribution in [0, 0.1) is 5.82 Å². The zero-order chi connectivity index (χ0) is 19.0. The van der Waals surface area contributed by atoms with E-state index in [-0.39, 0.29) is 17.1 Å². The number of ether oxygens (including phenoxy) is 1. The van der Waals surface area contributed by atoms with Gasteiger partial charge in [-0.3, -0.25) is 20.4 Å². The summed E-state index contributed by atoms with van der Waals surface area (Å²) < 4.78 is 42.4. The summed E-state index contributed by atoms with van der Waals surface area (Å²) in [6, 6.07) is 13.3. The van der Waals surface area contributed by atoms with Crippen LogP contribution in [0.3, 0.4) is 0 Å². The molecule has 0 atom stereocenters. The van der Waals surface area contributed by atoms with Gasteiger partial charge in [0, 0.05) is 6.42 Å². The van der Waals surface area contributed by atoms with E-state index in [0.717, 1.165) is 0 Å². The molecule has 0 saturated carbocycles. The first-order valence-corrected chi connectivity index (χ1v) is 9.26. The van der Waals surface area contributed by atoms with Gasteiger partial charge in [-0.2, -0.15) is 0 Å². The summed E-state index contributed by atoms with van der Waals surface area (Å²) >= 11 is 0. The monoisotopic (exact) mass is 380 g/mol. The zero-order valence-electron chi connectivity index (χ0n) is 13.6. The van der Waals surface area contributed by atoms with Crippen LogP contribution < -0.4 is 15.6 Å². The van der Waals surface area contributed by atoms with Gasteiger partial charge in [0.15, 0.2) is 28.0 Å². The summed E-state index contributed by atoms with van der Waals surface area (Å²) in [5.74, 6) is -2.50. The van der Waals surface area contributed by atoms with Gasteiger partial charge in [-0.05, 0) is 24.3 Å². The minimum atomic E-state index is -3.58. The summed E-state index contributed by atoms with van der Waals surface area (Å²) in [5.41, 5.74) is 4.15. The largest absolute Gasteiger partial charge is 0.481 e. The van der Waals surface area contributed by atoms with Gasteiger partial charge in [-0.25, -0.2) is 12.8 Å². The number of hydrazine groups is 1. The van der Waals surface area contributed by atoms with E-state index in [0.29, 0.717) is 0 Å². The molecular weight excluding hydrogens is 363 g/mol. The van der Waals surface area contributed by atoms with Gasteiger partial charge >= 0.3 is 0 Å². The standard InChI is InChI=1S/C17H17FN2O5S/c18-14-8-4-5-9-15(14)25-12-17(22)20-19-16(21)10-11-26(23,24)13-6-2-1-3-7-13/h1-9H,10-12H2,(H,19,21)(H,20,22). The van der Waals surface area contributed by atoms with Crippen molar-refractivity contribution < 1.29 is 27.1 Å². The molecule has 0 aromatic heterocycles. The molecular formula is C17H17FN2O5S. The summed E-state index contributed by atoms with van der Waals surface area (Å²) in [4.78, 5) is 23.3. The minimum absolute atomic E-state index is 0.0945. The number of amides is 2. The van der Waals surface area contributed by atoms with Crippen molar-refractivity contribution in [1.82, 2.24) is 10.9 Å². The van der Waals surface area contributed by atoms with Crippen LogP contribution in [0.5, 0.6) is 5.75 Å². The van der Waals surface area contributed by atoms with Crippen LogP contribution >= 0.6 is 0 Å². The molecule has 7 nitrogen and oxygen atoms in total. The second kappa shape index (κ2) is 8.95. The highest BCUT2D eigenvalue weighted by molar-refractivity contribution is 7.91. The molecule has 0 aliphatic carbocycles. The summed E-state index contributed by atoms with van der Waals surface area (Å²) in [6.45, 7) is -0.510. The van der Waals surface area contributed by atoms with Crippen LogP contribution in [-0.4, -0.2) is 32.6 Å². The summed E-state index contributed by atoms with van der Waals surface area (Å²) in [7, 11) is -3.58. The lowest BCUT2D eigenvalue weighted by Crippen LogP contribution is -2.44. The molecule has 9 heteroatoms. The van der Waals surface area contributed by atoms with Crippen LogP contribution in [0.2, 0.25) is 0 Å². The summed E-state index contributed by atoms with van der Waals surface area (Å²) in [6.07, 6.45) is -0.328. The number of carbonyl (C=O) groups is 2. The SMILES string of the molecule is O=C(CCS(=O)(=O)c1ccccc1)NNC(=O)COc1ccccc1F. The maximum absolute atomic E-state index is 13.3. The fourth-order valence-corrected chi connectivity index (χ4v) is 3.18. The Bertz CT molecular complexity index is 872. The lowest BCUT2D eigenvalue weighted by atomic mass is 10.3. The van der Waals surface area contributed by atoms with Gasteiger partial charge in [-0.15, -0.1) is 0 Å². The van der Waals surface area contributed by atoms with Crippen molar-refractivity contribution in [2.75, 3.05) is 12.4 Å². The molecule has 0 fully saturated rings. The number of halogens is 1. The van der Waals surface area contributed by atoms with Gasteiger partial charge in [-0.1, -0.05) is 30.3 Å². The fourth-order valence-electron chi connectivity index (χ4n) is 1.92. The molecule has 0 unspecified atom stereocenters. The highest BCUT2D eigenvalue weighted by Crippen LogP contribution is 2.14. The predicted octanol–water partition coefficient (Wildman–Crippen LogP) is 1.22. The third-order valence-electron chi connectivity index (χ3n) is 3.24. The van der Waals surface area contributed by atoms with E-state index >= 15 is 0 Å². The first-order chi connectivity index (χ1) is 12.4. The Morgan fingerprint density at radius 2 is 1.54 bits per heavy atom. The van der Waals surface area contributed by atoms with E-state index in [1.165, 1.54) is 30.3 Å². The first-order valence-electron chi connectivity index (χ1n) is 7.61. The number of sulfone groups is 1. The van der Waals surface area contributed by atoms with Crippen molar-refractivity contribution >= 4 is 21.7 Å². The summed E-state index contributed by atoms with van der Waals surface area (Å²) in [5, 5.41) is 0. The second-order valence-corrected chi connectivity index (χ2v) is 7.31. The number of carbonyl (C=O) groups excluding carboxylic acids is 2. The van der Waals surface area contributed by atoms with Crippen LogP contribution in [0.25, 0.3) is 0 Å². The van der Waals surface area contributed by atoms with Crippen LogP contribution in [0.15, 0.2) is 59.5 Å². The molecule has 0 spiro atoms. The topological polar surface area (TPSA) is 102 Å². The Balaban J connectivity index is 1.73. The number of nitrogens with one attached hydrogen (secondary N) is 2. The van der Waals surface area contributed by atoms with Crippen molar-refractivity contribution in [3.8, 4) is 5.75 Å². The van der Waals surface area contributed by atoms with E-state index < -0.39 is 39.8 Å². The highest BCUT2D eigenvalue weighted by Gasteiger charge is 2.16. The zero-order valence-corrected chi connectivity index (χ0v) is 14.5. The third kappa shape index (κ3) is 5.85. The van der Waals surface area contributed by atoms with Gasteiger partial charge < -0.3 is 4.74 Å². The molecule has 2 rings (SSSR count).